The van der Waals surface area contributed by atoms with Gasteiger partial charge < -0.3 is 10.6 Å². The van der Waals surface area contributed by atoms with Gasteiger partial charge in [-0.05, 0) is 110 Å². The predicted molar refractivity (Wildman–Crippen MR) is 169 cm³/mol. The molecule has 2 amide bonds. The van der Waals surface area contributed by atoms with Gasteiger partial charge in [0.05, 0.1) is 16.9 Å². The van der Waals surface area contributed by atoms with Gasteiger partial charge in [-0.25, -0.2) is 9.67 Å². The summed E-state index contributed by atoms with van der Waals surface area (Å²) in [6.07, 6.45) is -2.43. The lowest BCUT2D eigenvalue weighted by Crippen LogP contribution is -2.50. The van der Waals surface area contributed by atoms with Crippen LogP contribution in [0.3, 0.4) is 0 Å². The van der Waals surface area contributed by atoms with Crippen LogP contribution in [0, 0.1) is 10.5 Å². The van der Waals surface area contributed by atoms with Gasteiger partial charge in [-0.3, -0.25) is 9.59 Å². The van der Waals surface area contributed by atoms with Gasteiger partial charge in [-0.2, -0.15) is 40.6 Å². The van der Waals surface area contributed by atoms with Crippen LogP contribution >= 0.6 is 22.6 Å². The van der Waals surface area contributed by atoms with Gasteiger partial charge in [0, 0.05) is 15.3 Å². The number of alkyl halides is 7. The third-order valence-corrected chi connectivity index (χ3v) is 8.24. The average Bonchev–Trinajstić information content (AvgIpc) is 3.60. The number of anilines is 1. The number of nitrogens with zero attached hydrogens (tertiary/aromatic N) is 7. The Kier molecular flexibility index (Phi) is 9.54. The Morgan fingerprint density at radius 1 is 1.00 bits per heavy atom. The van der Waals surface area contributed by atoms with Gasteiger partial charge in [0.25, 0.3) is 17.6 Å². The highest BCUT2D eigenvalue weighted by Gasteiger charge is 2.75. The average molecular weight is 808 g/mol. The normalized spacial score (nSPS) is 14.4. The highest BCUT2D eigenvalue weighted by molar-refractivity contribution is 14.1. The largest absolute Gasteiger partial charge is 0.460 e. The maximum Gasteiger partial charge on any atom is 0.460 e. The number of rotatable bonds is 9. The molecule has 1 aliphatic rings. The van der Waals surface area contributed by atoms with Crippen LogP contribution in [0.25, 0.3) is 5.82 Å². The Morgan fingerprint density at radius 3 is 2.31 bits per heavy atom. The molecule has 4 aromatic rings. The maximum absolute atomic E-state index is 14.2. The minimum absolute atomic E-state index is 0.0739. The van der Waals surface area contributed by atoms with Crippen LogP contribution < -0.4 is 10.6 Å². The third-order valence-electron chi connectivity index (χ3n) is 7.61. The lowest BCUT2D eigenvalue weighted by atomic mass is 9.80. The summed E-state index contributed by atoms with van der Waals surface area (Å²) in [5.74, 6) is -15.3. The van der Waals surface area contributed by atoms with E-state index in [4.69, 9.17) is 0 Å². The molecule has 1 aliphatic carbocycles. The van der Waals surface area contributed by atoms with E-state index in [1.807, 2.05) is 28.7 Å². The molecule has 1 fully saturated rings. The monoisotopic (exact) mass is 807 g/mol. The number of carbonyl (C=O) groups excluding carboxylic acids is 2. The van der Waals surface area contributed by atoms with E-state index in [0.29, 0.717) is 10.4 Å². The number of carbonyl (C=O) groups is 2. The van der Waals surface area contributed by atoms with Crippen LogP contribution in [0.15, 0.2) is 36.5 Å². The molecule has 3 heterocycles. The van der Waals surface area contributed by atoms with Crippen molar-refractivity contribution in [3.8, 4) is 5.82 Å². The number of aryl methyl sites for hydroxylation is 1. The molecule has 0 spiro atoms. The van der Waals surface area contributed by atoms with Gasteiger partial charge in [-0.1, -0.05) is 12.5 Å². The van der Waals surface area contributed by atoms with Crippen molar-refractivity contribution in [1.82, 2.24) is 40.3 Å². The summed E-state index contributed by atoms with van der Waals surface area (Å²) < 4.78 is 95.8. The molecule has 3 aromatic heterocycles. The van der Waals surface area contributed by atoms with Crippen molar-refractivity contribution in [2.45, 2.75) is 83.0 Å². The molecule has 0 saturated heterocycles. The van der Waals surface area contributed by atoms with Gasteiger partial charge in [-0.15, -0.1) is 10.2 Å². The predicted octanol–water partition coefficient (Wildman–Crippen LogP) is 6.55. The van der Waals surface area contributed by atoms with Crippen molar-refractivity contribution in [1.29, 1.82) is 0 Å². The van der Waals surface area contributed by atoms with E-state index >= 15 is 0 Å². The molecule has 0 radical (unpaired) electrons. The highest BCUT2D eigenvalue weighted by atomic mass is 127. The first kappa shape index (κ1) is 36.1. The van der Waals surface area contributed by atoms with Crippen LogP contribution in [0.5, 0.6) is 0 Å². The Morgan fingerprint density at radius 2 is 1.69 bits per heavy atom. The minimum atomic E-state index is -6.59. The number of pyridine rings is 1. The smallest absolute Gasteiger partial charge is 0.347 e. The van der Waals surface area contributed by atoms with Crippen molar-refractivity contribution in [2.24, 2.45) is 0 Å². The second kappa shape index (κ2) is 12.9. The molecular formula is C30H29F7IN9O2. The van der Waals surface area contributed by atoms with E-state index in [1.165, 1.54) is 16.9 Å². The molecule has 0 aliphatic heterocycles. The van der Waals surface area contributed by atoms with E-state index in [1.54, 1.807) is 45.9 Å². The Labute approximate surface area is 288 Å². The molecule has 11 nitrogen and oxygen atoms in total. The molecule has 0 bridgehead atoms. The number of hydrogen-bond acceptors (Lipinski definition) is 7. The van der Waals surface area contributed by atoms with Crippen molar-refractivity contribution in [2.75, 3.05) is 5.32 Å². The number of nitrogens with one attached hydrogen (secondary N) is 2. The van der Waals surface area contributed by atoms with Gasteiger partial charge in [0.15, 0.2) is 5.82 Å². The van der Waals surface area contributed by atoms with E-state index in [2.05, 4.69) is 36.1 Å². The number of benzene rings is 1. The molecule has 262 valence electrons. The standard InChI is InChI=1S/C30H29F7IN9O2/c1-15-11-17(38)12-20(24(48)41-27(2,3)4)22(15)40-25(49)21-13-18(43-47(21)23-19(9-6-10-39-23)16-7-5-8-16)14-46-44-26(42-45-46)28(31,32)29(33,34)30(35,36)37/h6,9-13,16H,5,7-8,14H2,1-4H3,(H,40,49)(H,41,48). The summed E-state index contributed by atoms with van der Waals surface area (Å²) in [4.78, 5) is 32.1. The van der Waals surface area contributed by atoms with Gasteiger partial charge >= 0.3 is 18.0 Å². The van der Waals surface area contributed by atoms with Crippen molar-refractivity contribution >= 4 is 40.1 Å². The molecule has 0 atom stereocenters. The van der Waals surface area contributed by atoms with E-state index in [9.17, 15) is 40.3 Å². The van der Waals surface area contributed by atoms with Gasteiger partial charge in [0.1, 0.15) is 12.2 Å². The second-order valence-electron chi connectivity index (χ2n) is 12.6. The lowest BCUT2D eigenvalue weighted by molar-refractivity contribution is -0.361. The zero-order valence-electron chi connectivity index (χ0n) is 26.3. The minimum Gasteiger partial charge on any atom is -0.347 e. The Hall–Kier alpha value is -4.17. The Balaban J connectivity index is 1.55. The molecule has 49 heavy (non-hydrogen) atoms. The van der Waals surface area contributed by atoms with Crippen LogP contribution in [0.2, 0.25) is 0 Å². The zero-order valence-corrected chi connectivity index (χ0v) is 28.5. The van der Waals surface area contributed by atoms with E-state index in [-0.39, 0.29) is 34.4 Å². The zero-order chi connectivity index (χ0) is 36.1. The summed E-state index contributed by atoms with van der Waals surface area (Å²) in [7, 11) is 0. The first-order chi connectivity index (χ1) is 22.7. The van der Waals surface area contributed by atoms with Crippen molar-refractivity contribution < 1.29 is 40.3 Å². The summed E-state index contributed by atoms with van der Waals surface area (Å²) in [5.41, 5.74) is 0.927. The molecule has 1 saturated carbocycles. The number of hydrogen-bond donors (Lipinski definition) is 2. The van der Waals surface area contributed by atoms with Crippen LogP contribution in [0.1, 0.15) is 89.4 Å². The lowest BCUT2D eigenvalue weighted by Gasteiger charge is -2.27. The molecule has 5 rings (SSSR count). The highest BCUT2D eigenvalue weighted by Crippen LogP contribution is 2.50. The van der Waals surface area contributed by atoms with Crippen LogP contribution in [-0.4, -0.2) is 64.4 Å². The number of aromatic nitrogens is 7. The number of halogens is 8. The van der Waals surface area contributed by atoms with E-state index in [0.717, 1.165) is 28.4 Å². The van der Waals surface area contributed by atoms with E-state index < -0.39 is 47.7 Å². The molecule has 0 unspecified atom stereocenters. The SMILES string of the molecule is Cc1cc(I)cc(C(=O)NC(C)(C)C)c1NC(=O)c1cc(Cn2nnc(C(F)(F)C(F)(F)C(F)(F)F)n2)nn1-c1ncccc1C1CCC1. The molecule has 19 heteroatoms. The first-order valence-corrected chi connectivity index (χ1v) is 15.9. The number of amides is 2. The maximum atomic E-state index is 14.2. The number of tetrazole rings is 1. The summed E-state index contributed by atoms with van der Waals surface area (Å²) in [6, 6.07) is 8.13. The molecule has 2 N–H and O–H groups in total. The fraction of sp³-hybridized carbons (Fsp3) is 0.433. The fourth-order valence-corrected chi connectivity index (χ4v) is 5.81. The quantitative estimate of drug-likeness (QED) is 0.145. The Bertz CT molecular complexity index is 1900. The first-order valence-electron chi connectivity index (χ1n) is 14.8. The second-order valence-corrected chi connectivity index (χ2v) is 13.8. The topological polar surface area (TPSA) is 133 Å². The molecular weight excluding hydrogens is 778 g/mol. The summed E-state index contributed by atoms with van der Waals surface area (Å²) in [6.45, 7) is 6.45. The molecule has 1 aromatic carbocycles. The van der Waals surface area contributed by atoms with Crippen LogP contribution in [0.4, 0.5) is 36.4 Å². The third kappa shape index (κ3) is 7.25. The van der Waals surface area contributed by atoms with Crippen molar-refractivity contribution in [3.63, 3.8) is 0 Å². The fourth-order valence-electron chi connectivity index (χ4n) is 5.03. The van der Waals surface area contributed by atoms with Crippen LogP contribution in [-0.2, 0) is 12.5 Å². The summed E-state index contributed by atoms with van der Waals surface area (Å²) in [5, 5.41) is 19.1. The van der Waals surface area contributed by atoms with Gasteiger partial charge in [0.2, 0.25) is 0 Å². The summed E-state index contributed by atoms with van der Waals surface area (Å²) >= 11 is 2.05. The van der Waals surface area contributed by atoms with Crippen molar-refractivity contribution in [3.05, 3.63) is 74.0 Å².